The lowest BCUT2D eigenvalue weighted by Gasteiger charge is -2.01. The van der Waals surface area contributed by atoms with E-state index in [1.807, 2.05) is 13.0 Å². The minimum atomic E-state index is -0.324. The number of imidazole rings is 1. The molecule has 0 unspecified atom stereocenters. The number of rotatable bonds is 4. The lowest BCUT2D eigenvalue weighted by Crippen LogP contribution is -2.06. The molecule has 0 fully saturated rings. The van der Waals surface area contributed by atoms with E-state index in [2.05, 4.69) is 19.9 Å². The van der Waals surface area contributed by atoms with Crippen molar-refractivity contribution in [2.24, 2.45) is 0 Å². The summed E-state index contributed by atoms with van der Waals surface area (Å²) in [7, 11) is 0. The fourth-order valence-corrected chi connectivity index (χ4v) is 2.80. The highest BCUT2D eigenvalue weighted by Gasteiger charge is 2.15. The highest BCUT2D eigenvalue weighted by atomic mass is 19.1. The summed E-state index contributed by atoms with van der Waals surface area (Å²) in [5.41, 5.74) is 3.33. The standard InChI is InChI=1S/C21H15FN4O/c1-13-18(26-20(25-13)15-8-5-9-17(22)10-15)16-11-23-21(24-12-16)19(27)14-6-3-2-4-7-14/h2-12H,1H3,(H,25,26). The molecular formula is C21H15FN4O. The van der Waals surface area contributed by atoms with Crippen LogP contribution in [-0.4, -0.2) is 25.7 Å². The number of carbonyl (C=O) groups excluding carboxylic acids is 1. The number of nitrogens with one attached hydrogen (secondary N) is 1. The highest BCUT2D eigenvalue weighted by molar-refractivity contribution is 6.06. The van der Waals surface area contributed by atoms with Crippen LogP contribution in [0.1, 0.15) is 21.9 Å². The molecule has 0 spiro atoms. The monoisotopic (exact) mass is 358 g/mol. The molecule has 27 heavy (non-hydrogen) atoms. The molecule has 0 saturated heterocycles. The Kier molecular flexibility index (Phi) is 4.30. The molecule has 4 rings (SSSR count). The van der Waals surface area contributed by atoms with Crippen molar-refractivity contribution in [3.8, 4) is 22.6 Å². The number of aromatic amines is 1. The van der Waals surface area contributed by atoms with E-state index in [9.17, 15) is 9.18 Å². The number of aromatic nitrogens is 4. The summed E-state index contributed by atoms with van der Waals surface area (Å²) < 4.78 is 13.4. The average molecular weight is 358 g/mol. The molecule has 1 N–H and O–H groups in total. The van der Waals surface area contributed by atoms with E-state index in [0.717, 1.165) is 5.69 Å². The van der Waals surface area contributed by atoms with Crippen molar-refractivity contribution in [2.75, 3.05) is 0 Å². The molecule has 0 radical (unpaired) electrons. The number of H-pyrrole nitrogens is 1. The van der Waals surface area contributed by atoms with Gasteiger partial charge in [-0.25, -0.2) is 19.3 Å². The molecule has 0 amide bonds. The largest absolute Gasteiger partial charge is 0.342 e. The van der Waals surface area contributed by atoms with Gasteiger partial charge in [-0.2, -0.15) is 0 Å². The quantitative estimate of drug-likeness (QED) is 0.555. The van der Waals surface area contributed by atoms with Crippen LogP contribution in [0, 0.1) is 12.7 Å². The van der Waals surface area contributed by atoms with Gasteiger partial charge in [0.25, 0.3) is 0 Å². The van der Waals surface area contributed by atoms with Gasteiger partial charge in [-0.05, 0) is 19.1 Å². The van der Waals surface area contributed by atoms with Gasteiger partial charge in [0.2, 0.25) is 11.6 Å². The predicted molar refractivity (Wildman–Crippen MR) is 99.6 cm³/mol. The van der Waals surface area contributed by atoms with E-state index in [4.69, 9.17) is 0 Å². The van der Waals surface area contributed by atoms with Crippen LogP contribution in [0.3, 0.4) is 0 Å². The van der Waals surface area contributed by atoms with Crippen molar-refractivity contribution < 1.29 is 9.18 Å². The van der Waals surface area contributed by atoms with Crippen molar-refractivity contribution in [3.05, 3.63) is 89.9 Å². The smallest absolute Gasteiger partial charge is 0.230 e. The summed E-state index contributed by atoms with van der Waals surface area (Å²) >= 11 is 0. The van der Waals surface area contributed by atoms with Crippen LogP contribution in [0.5, 0.6) is 0 Å². The van der Waals surface area contributed by atoms with Gasteiger partial charge in [0.15, 0.2) is 0 Å². The molecule has 0 bridgehead atoms. The molecule has 2 heterocycles. The zero-order chi connectivity index (χ0) is 18.8. The molecule has 2 aromatic heterocycles. The van der Waals surface area contributed by atoms with Crippen LogP contribution in [0.2, 0.25) is 0 Å². The van der Waals surface area contributed by atoms with Crippen molar-refractivity contribution >= 4 is 5.78 Å². The van der Waals surface area contributed by atoms with Gasteiger partial charge in [0, 0.05) is 34.8 Å². The van der Waals surface area contributed by atoms with Crippen molar-refractivity contribution in [1.82, 2.24) is 19.9 Å². The third-order valence-electron chi connectivity index (χ3n) is 4.15. The van der Waals surface area contributed by atoms with Gasteiger partial charge in [-0.3, -0.25) is 4.79 Å². The van der Waals surface area contributed by atoms with Crippen LogP contribution >= 0.6 is 0 Å². The summed E-state index contributed by atoms with van der Waals surface area (Å²) in [6.07, 6.45) is 3.14. The topological polar surface area (TPSA) is 71.5 Å². The van der Waals surface area contributed by atoms with E-state index in [-0.39, 0.29) is 17.4 Å². The number of hydrogen-bond donors (Lipinski definition) is 1. The second-order valence-electron chi connectivity index (χ2n) is 6.06. The maximum absolute atomic E-state index is 13.4. The van der Waals surface area contributed by atoms with Gasteiger partial charge in [-0.15, -0.1) is 0 Å². The average Bonchev–Trinajstić information content (AvgIpc) is 3.10. The van der Waals surface area contributed by atoms with Crippen molar-refractivity contribution in [3.63, 3.8) is 0 Å². The molecule has 4 aromatic rings. The Bertz CT molecular complexity index is 1100. The van der Waals surface area contributed by atoms with Gasteiger partial charge in [0.05, 0.1) is 5.69 Å². The van der Waals surface area contributed by atoms with E-state index >= 15 is 0 Å². The lowest BCUT2D eigenvalue weighted by molar-refractivity contribution is 0.102. The first-order valence-electron chi connectivity index (χ1n) is 8.36. The minimum Gasteiger partial charge on any atom is -0.342 e. The Balaban J connectivity index is 1.64. The first-order chi connectivity index (χ1) is 13.1. The number of benzene rings is 2. The van der Waals surface area contributed by atoms with E-state index in [1.54, 1.807) is 48.8 Å². The Labute approximate surface area is 155 Å². The fourth-order valence-electron chi connectivity index (χ4n) is 2.80. The summed E-state index contributed by atoms with van der Waals surface area (Å²) in [6.45, 7) is 1.87. The Morgan fingerprint density at radius 1 is 0.963 bits per heavy atom. The summed E-state index contributed by atoms with van der Waals surface area (Å²) in [6, 6.07) is 15.1. The molecule has 0 atom stereocenters. The van der Waals surface area contributed by atoms with Crippen molar-refractivity contribution in [2.45, 2.75) is 6.92 Å². The SMILES string of the molecule is Cc1[nH]c(-c2cccc(F)c2)nc1-c1cnc(C(=O)c2ccccc2)nc1. The minimum absolute atomic E-state index is 0.128. The Hall–Kier alpha value is -3.67. The highest BCUT2D eigenvalue weighted by Crippen LogP contribution is 2.25. The van der Waals surface area contributed by atoms with Gasteiger partial charge in [0.1, 0.15) is 11.6 Å². The maximum atomic E-state index is 13.4. The third kappa shape index (κ3) is 3.37. The molecular weight excluding hydrogens is 343 g/mol. The second kappa shape index (κ2) is 6.92. The van der Waals surface area contributed by atoms with E-state index < -0.39 is 0 Å². The number of hydrogen-bond acceptors (Lipinski definition) is 4. The number of halogens is 1. The summed E-state index contributed by atoms with van der Waals surface area (Å²) in [4.78, 5) is 28.5. The predicted octanol–water partition coefficient (Wildman–Crippen LogP) is 4.21. The van der Waals surface area contributed by atoms with Crippen LogP contribution in [0.25, 0.3) is 22.6 Å². The van der Waals surface area contributed by atoms with Crippen molar-refractivity contribution in [1.29, 1.82) is 0 Å². The van der Waals surface area contributed by atoms with Gasteiger partial charge in [-0.1, -0.05) is 42.5 Å². The van der Waals surface area contributed by atoms with Crippen LogP contribution in [-0.2, 0) is 0 Å². The van der Waals surface area contributed by atoms with Gasteiger partial charge < -0.3 is 4.98 Å². The first-order valence-corrected chi connectivity index (χ1v) is 8.36. The summed E-state index contributed by atoms with van der Waals surface area (Å²) in [5.74, 6) is 0.131. The van der Waals surface area contributed by atoms with Crippen LogP contribution in [0.15, 0.2) is 67.0 Å². The summed E-state index contributed by atoms with van der Waals surface area (Å²) in [5, 5.41) is 0. The normalized spacial score (nSPS) is 10.7. The van der Waals surface area contributed by atoms with E-state index in [0.29, 0.717) is 28.2 Å². The third-order valence-corrected chi connectivity index (χ3v) is 4.15. The number of aryl methyl sites for hydroxylation is 1. The molecule has 5 nitrogen and oxygen atoms in total. The molecule has 2 aromatic carbocycles. The van der Waals surface area contributed by atoms with Crippen LogP contribution in [0.4, 0.5) is 4.39 Å². The van der Waals surface area contributed by atoms with Crippen LogP contribution < -0.4 is 0 Å². The number of carbonyl (C=O) groups is 1. The molecule has 0 aliphatic heterocycles. The molecule has 0 aliphatic rings. The Morgan fingerprint density at radius 3 is 2.41 bits per heavy atom. The lowest BCUT2D eigenvalue weighted by atomic mass is 10.1. The number of ketones is 1. The maximum Gasteiger partial charge on any atom is 0.230 e. The zero-order valence-corrected chi connectivity index (χ0v) is 14.5. The fraction of sp³-hybridized carbons (Fsp3) is 0.0476. The second-order valence-corrected chi connectivity index (χ2v) is 6.06. The molecule has 0 aliphatic carbocycles. The first kappa shape index (κ1) is 16.8. The number of nitrogens with zero attached hydrogens (tertiary/aromatic N) is 3. The van der Waals surface area contributed by atoms with Gasteiger partial charge >= 0.3 is 0 Å². The zero-order valence-electron chi connectivity index (χ0n) is 14.5. The molecule has 132 valence electrons. The molecule has 0 saturated carbocycles. The Morgan fingerprint density at radius 2 is 1.70 bits per heavy atom. The molecule has 6 heteroatoms. The van der Waals surface area contributed by atoms with E-state index in [1.165, 1.54) is 12.1 Å².